The Labute approximate surface area is 105 Å². The zero-order valence-electron chi connectivity index (χ0n) is 10.7. The van der Waals surface area contributed by atoms with Crippen LogP contribution in [0.1, 0.15) is 33.1 Å². The van der Waals surface area contributed by atoms with Crippen molar-refractivity contribution in [1.82, 2.24) is 5.32 Å². The van der Waals surface area contributed by atoms with Gasteiger partial charge in [-0.1, -0.05) is 0 Å². The van der Waals surface area contributed by atoms with Crippen LogP contribution < -0.4 is 5.32 Å². The van der Waals surface area contributed by atoms with E-state index < -0.39 is 18.1 Å². The van der Waals surface area contributed by atoms with E-state index in [2.05, 4.69) is 11.4 Å². The minimum absolute atomic E-state index is 0.0163. The minimum Gasteiger partial charge on any atom is -0.378 e. The number of nitriles is 1. The lowest BCUT2D eigenvalue weighted by molar-refractivity contribution is -0.146. The van der Waals surface area contributed by atoms with Crippen LogP contribution in [0.2, 0.25) is 0 Å². The molecule has 1 N–H and O–H groups in total. The van der Waals surface area contributed by atoms with Gasteiger partial charge in [-0.25, -0.2) is 0 Å². The number of hydrogen-bond acceptors (Lipinski definition) is 3. The van der Waals surface area contributed by atoms with Crippen LogP contribution in [-0.4, -0.2) is 31.0 Å². The maximum Gasteiger partial charge on any atom is 0.391 e. The molecule has 0 aliphatic heterocycles. The van der Waals surface area contributed by atoms with Crippen LogP contribution in [0.25, 0.3) is 0 Å². The summed E-state index contributed by atoms with van der Waals surface area (Å²) in [6, 6.07) is 2.28. The molecule has 6 heteroatoms. The zero-order valence-corrected chi connectivity index (χ0v) is 10.7. The summed E-state index contributed by atoms with van der Waals surface area (Å²) < 4.78 is 41.0. The number of rotatable bonds is 7. The first-order valence-corrected chi connectivity index (χ1v) is 6.12. The van der Waals surface area contributed by atoms with Gasteiger partial charge >= 0.3 is 6.18 Å². The number of ether oxygens (including phenoxy) is 1. The standard InChI is InChI=1S/C12H19F3N2O/c1-9(2)17-11(7-16,10-3-4-10)8-18-6-5-12(13,14)15/h9-10,17H,3-6,8H2,1-2H3. The fourth-order valence-electron chi connectivity index (χ4n) is 1.95. The van der Waals surface area contributed by atoms with Gasteiger partial charge in [-0.05, 0) is 32.6 Å². The Kier molecular flexibility index (Phi) is 5.00. The first kappa shape index (κ1) is 15.3. The second-order valence-corrected chi connectivity index (χ2v) is 5.07. The summed E-state index contributed by atoms with van der Waals surface area (Å²) in [5, 5.41) is 12.4. The lowest BCUT2D eigenvalue weighted by Gasteiger charge is -2.30. The molecule has 0 amide bonds. The van der Waals surface area contributed by atoms with Crippen LogP contribution in [0.3, 0.4) is 0 Å². The van der Waals surface area contributed by atoms with E-state index in [-0.39, 0.29) is 25.2 Å². The monoisotopic (exact) mass is 264 g/mol. The molecule has 0 radical (unpaired) electrons. The first-order valence-electron chi connectivity index (χ1n) is 6.12. The van der Waals surface area contributed by atoms with Crippen molar-refractivity contribution in [2.75, 3.05) is 13.2 Å². The fraction of sp³-hybridized carbons (Fsp3) is 0.917. The van der Waals surface area contributed by atoms with Gasteiger partial charge in [-0.2, -0.15) is 18.4 Å². The SMILES string of the molecule is CC(C)NC(C#N)(COCCC(F)(F)F)C1CC1. The number of nitrogens with one attached hydrogen (secondary N) is 1. The largest absolute Gasteiger partial charge is 0.391 e. The van der Waals surface area contributed by atoms with Gasteiger partial charge < -0.3 is 4.74 Å². The van der Waals surface area contributed by atoms with E-state index in [0.717, 1.165) is 12.8 Å². The molecule has 1 rings (SSSR count). The van der Waals surface area contributed by atoms with Gasteiger partial charge in [0, 0.05) is 6.04 Å². The van der Waals surface area contributed by atoms with E-state index in [1.807, 2.05) is 13.8 Å². The molecule has 1 atom stereocenters. The Bertz CT molecular complexity index is 307. The second-order valence-electron chi connectivity index (χ2n) is 5.07. The molecule has 0 saturated heterocycles. The third-order valence-corrected chi connectivity index (χ3v) is 2.88. The average molecular weight is 264 g/mol. The van der Waals surface area contributed by atoms with Crippen LogP contribution >= 0.6 is 0 Å². The maximum atomic E-state index is 12.0. The molecule has 0 aromatic rings. The molecule has 104 valence electrons. The van der Waals surface area contributed by atoms with Gasteiger partial charge in [0.15, 0.2) is 0 Å². The average Bonchev–Trinajstić information content (AvgIpc) is 3.04. The van der Waals surface area contributed by atoms with Gasteiger partial charge in [0.05, 0.1) is 25.7 Å². The van der Waals surface area contributed by atoms with Crippen molar-refractivity contribution in [3.63, 3.8) is 0 Å². The third-order valence-electron chi connectivity index (χ3n) is 2.88. The maximum absolute atomic E-state index is 12.0. The van der Waals surface area contributed by atoms with Gasteiger partial charge in [0.25, 0.3) is 0 Å². The molecular weight excluding hydrogens is 245 g/mol. The molecule has 1 aliphatic carbocycles. The lowest BCUT2D eigenvalue weighted by atomic mass is 9.95. The van der Waals surface area contributed by atoms with Crippen molar-refractivity contribution >= 4 is 0 Å². The molecular formula is C12H19F3N2O. The van der Waals surface area contributed by atoms with Crippen LogP contribution in [0, 0.1) is 17.2 Å². The topological polar surface area (TPSA) is 45.0 Å². The molecule has 0 aromatic carbocycles. The summed E-state index contributed by atoms with van der Waals surface area (Å²) in [4.78, 5) is 0. The Morgan fingerprint density at radius 3 is 2.39 bits per heavy atom. The van der Waals surface area contributed by atoms with E-state index in [4.69, 9.17) is 4.74 Å². The quantitative estimate of drug-likeness (QED) is 0.719. The number of hydrogen-bond donors (Lipinski definition) is 1. The van der Waals surface area contributed by atoms with Gasteiger partial charge in [0.2, 0.25) is 0 Å². The van der Waals surface area contributed by atoms with E-state index in [0.29, 0.717) is 0 Å². The van der Waals surface area contributed by atoms with Crippen molar-refractivity contribution in [3.8, 4) is 6.07 Å². The second kappa shape index (κ2) is 5.89. The molecule has 1 unspecified atom stereocenters. The van der Waals surface area contributed by atoms with Crippen molar-refractivity contribution in [2.24, 2.45) is 5.92 Å². The smallest absolute Gasteiger partial charge is 0.378 e. The third kappa shape index (κ3) is 4.83. The Morgan fingerprint density at radius 2 is 2.00 bits per heavy atom. The molecule has 18 heavy (non-hydrogen) atoms. The van der Waals surface area contributed by atoms with E-state index in [1.54, 1.807) is 0 Å². The molecule has 0 heterocycles. The highest BCUT2D eigenvalue weighted by atomic mass is 19.4. The molecule has 0 spiro atoms. The number of halogens is 3. The van der Waals surface area contributed by atoms with Gasteiger partial charge in [-0.3, -0.25) is 5.32 Å². The minimum atomic E-state index is -4.21. The summed E-state index contributed by atoms with van der Waals surface area (Å²) >= 11 is 0. The molecule has 3 nitrogen and oxygen atoms in total. The lowest BCUT2D eigenvalue weighted by Crippen LogP contribution is -2.53. The highest BCUT2D eigenvalue weighted by Crippen LogP contribution is 2.40. The van der Waals surface area contributed by atoms with Gasteiger partial charge in [0.1, 0.15) is 5.54 Å². The first-order chi connectivity index (χ1) is 8.29. The number of alkyl halides is 3. The van der Waals surface area contributed by atoms with Crippen molar-refractivity contribution in [2.45, 2.75) is 50.9 Å². The number of nitrogens with zero attached hydrogens (tertiary/aromatic N) is 1. The van der Waals surface area contributed by atoms with E-state index in [9.17, 15) is 18.4 Å². The highest BCUT2D eigenvalue weighted by molar-refractivity contribution is 5.15. The summed E-state index contributed by atoms with van der Waals surface area (Å²) in [6.45, 7) is 3.44. The summed E-state index contributed by atoms with van der Waals surface area (Å²) in [6.07, 6.45) is -3.33. The van der Waals surface area contributed by atoms with Crippen LogP contribution in [-0.2, 0) is 4.74 Å². The molecule has 1 saturated carbocycles. The van der Waals surface area contributed by atoms with Gasteiger partial charge in [-0.15, -0.1) is 0 Å². The van der Waals surface area contributed by atoms with Crippen LogP contribution in [0.5, 0.6) is 0 Å². The Balaban J connectivity index is 2.45. The van der Waals surface area contributed by atoms with E-state index >= 15 is 0 Å². The van der Waals surface area contributed by atoms with Crippen molar-refractivity contribution in [3.05, 3.63) is 0 Å². The molecule has 0 bridgehead atoms. The summed E-state index contributed by atoms with van der Waals surface area (Å²) in [5.41, 5.74) is -0.834. The summed E-state index contributed by atoms with van der Waals surface area (Å²) in [5.74, 6) is 0.191. The zero-order chi connectivity index (χ0) is 13.8. The normalized spacial score (nSPS) is 19.6. The predicted octanol–water partition coefficient (Wildman–Crippen LogP) is 2.63. The predicted molar refractivity (Wildman–Crippen MR) is 60.8 cm³/mol. The van der Waals surface area contributed by atoms with Crippen molar-refractivity contribution in [1.29, 1.82) is 5.26 Å². The van der Waals surface area contributed by atoms with Crippen LogP contribution in [0.4, 0.5) is 13.2 Å². The molecule has 1 aliphatic rings. The molecule has 1 fully saturated rings. The van der Waals surface area contributed by atoms with E-state index in [1.165, 1.54) is 0 Å². The molecule has 0 aromatic heterocycles. The Hall–Kier alpha value is -0.800. The Morgan fingerprint density at radius 1 is 1.39 bits per heavy atom. The summed E-state index contributed by atoms with van der Waals surface area (Å²) in [7, 11) is 0. The highest BCUT2D eigenvalue weighted by Gasteiger charge is 2.46. The fourth-order valence-corrected chi connectivity index (χ4v) is 1.95. The van der Waals surface area contributed by atoms with Crippen molar-refractivity contribution < 1.29 is 17.9 Å². The van der Waals surface area contributed by atoms with Crippen LogP contribution in [0.15, 0.2) is 0 Å².